The highest BCUT2D eigenvalue weighted by Crippen LogP contribution is 2.32. The van der Waals surface area contributed by atoms with Gasteiger partial charge in [0.05, 0.1) is 6.21 Å². The molecule has 0 fully saturated rings. The summed E-state index contributed by atoms with van der Waals surface area (Å²) in [6.07, 6.45) is 2.16. The first-order valence-electron chi connectivity index (χ1n) is 7.34. The molecule has 2 aromatic carbocycles. The zero-order chi connectivity index (χ0) is 16.9. The predicted octanol–water partition coefficient (Wildman–Crippen LogP) is 1.91. The maximum absolute atomic E-state index is 11.8. The van der Waals surface area contributed by atoms with Crippen LogP contribution in [0.15, 0.2) is 41.5 Å². The van der Waals surface area contributed by atoms with Crippen molar-refractivity contribution in [1.82, 2.24) is 5.43 Å². The molecule has 24 heavy (non-hydrogen) atoms. The molecule has 0 saturated heterocycles. The summed E-state index contributed by atoms with van der Waals surface area (Å²) in [5.74, 6) is 0.704. The highest BCUT2D eigenvalue weighted by molar-refractivity contribution is 5.83. The maximum Gasteiger partial charge on any atom is 0.240 e. The molecular formula is C17H16N2O5. The minimum atomic E-state index is -0.250. The second-order valence-corrected chi connectivity index (χ2v) is 5.23. The third-order valence-electron chi connectivity index (χ3n) is 3.48. The highest BCUT2D eigenvalue weighted by Gasteiger charge is 2.12. The van der Waals surface area contributed by atoms with E-state index in [9.17, 15) is 15.0 Å². The fourth-order valence-corrected chi connectivity index (χ4v) is 2.21. The number of hydrogen-bond donors (Lipinski definition) is 3. The Balaban J connectivity index is 1.49. The van der Waals surface area contributed by atoms with Crippen LogP contribution in [0.3, 0.4) is 0 Å². The van der Waals surface area contributed by atoms with Crippen LogP contribution in [0.25, 0.3) is 0 Å². The number of rotatable bonds is 5. The van der Waals surface area contributed by atoms with E-state index in [1.54, 1.807) is 18.2 Å². The van der Waals surface area contributed by atoms with Crippen LogP contribution >= 0.6 is 0 Å². The molecule has 7 nitrogen and oxygen atoms in total. The van der Waals surface area contributed by atoms with Gasteiger partial charge in [-0.2, -0.15) is 5.10 Å². The van der Waals surface area contributed by atoms with E-state index in [0.717, 1.165) is 11.1 Å². The van der Waals surface area contributed by atoms with E-state index in [4.69, 9.17) is 9.47 Å². The van der Waals surface area contributed by atoms with Gasteiger partial charge < -0.3 is 19.7 Å². The van der Waals surface area contributed by atoms with E-state index >= 15 is 0 Å². The van der Waals surface area contributed by atoms with Crippen LogP contribution in [0, 0.1) is 0 Å². The molecule has 1 amide bonds. The van der Waals surface area contributed by atoms with Gasteiger partial charge in [-0.05, 0) is 47.9 Å². The van der Waals surface area contributed by atoms with Gasteiger partial charge in [-0.25, -0.2) is 5.43 Å². The van der Waals surface area contributed by atoms with Crippen molar-refractivity contribution in [3.63, 3.8) is 0 Å². The minimum absolute atomic E-state index is 0.184. The summed E-state index contributed by atoms with van der Waals surface area (Å²) in [5, 5.41) is 22.5. The van der Waals surface area contributed by atoms with Crippen molar-refractivity contribution < 1.29 is 24.5 Å². The molecule has 0 spiro atoms. The van der Waals surface area contributed by atoms with Crippen LogP contribution < -0.4 is 14.9 Å². The van der Waals surface area contributed by atoms with Gasteiger partial charge in [-0.3, -0.25) is 4.79 Å². The molecular weight excluding hydrogens is 312 g/mol. The van der Waals surface area contributed by atoms with Gasteiger partial charge >= 0.3 is 0 Å². The van der Waals surface area contributed by atoms with Crippen LogP contribution in [0.4, 0.5) is 0 Å². The van der Waals surface area contributed by atoms with Gasteiger partial charge in [0.1, 0.15) is 0 Å². The number of aryl methyl sites for hydroxylation is 1. The molecule has 0 aromatic heterocycles. The molecule has 0 bridgehead atoms. The first-order chi connectivity index (χ1) is 11.6. The summed E-state index contributed by atoms with van der Waals surface area (Å²) in [6, 6.07) is 9.83. The normalized spacial score (nSPS) is 12.5. The van der Waals surface area contributed by atoms with Crippen molar-refractivity contribution >= 4 is 12.1 Å². The average Bonchev–Trinajstić information content (AvgIpc) is 3.04. The number of phenols is 2. The molecule has 124 valence electrons. The lowest BCUT2D eigenvalue weighted by Gasteiger charge is -2.03. The Labute approximate surface area is 138 Å². The largest absolute Gasteiger partial charge is 0.504 e. The van der Waals surface area contributed by atoms with E-state index in [-0.39, 0.29) is 30.6 Å². The summed E-state index contributed by atoms with van der Waals surface area (Å²) in [5.41, 5.74) is 3.97. The van der Waals surface area contributed by atoms with Crippen molar-refractivity contribution in [1.29, 1.82) is 0 Å². The van der Waals surface area contributed by atoms with Gasteiger partial charge in [0.2, 0.25) is 12.7 Å². The van der Waals surface area contributed by atoms with Crippen LogP contribution in [-0.4, -0.2) is 29.1 Å². The van der Waals surface area contributed by atoms with Crippen molar-refractivity contribution in [2.75, 3.05) is 6.79 Å². The molecule has 1 aliphatic heterocycles. The predicted molar refractivity (Wildman–Crippen MR) is 86.4 cm³/mol. The zero-order valence-corrected chi connectivity index (χ0v) is 12.7. The van der Waals surface area contributed by atoms with E-state index in [1.807, 2.05) is 6.07 Å². The number of amides is 1. The van der Waals surface area contributed by atoms with Crippen molar-refractivity contribution in [2.24, 2.45) is 5.10 Å². The molecule has 3 N–H and O–H groups in total. The monoisotopic (exact) mass is 328 g/mol. The van der Waals surface area contributed by atoms with E-state index in [0.29, 0.717) is 17.9 Å². The molecule has 7 heteroatoms. The number of aromatic hydroxyl groups is 2. The van der Waals surface area contributed by atoms with Gasteiger partial charge in [-0.1, -0.05) is 6.07 Å². The molecule has 0 unspecified atom stereocenters. The smallest absolute Gasteiger partial charge is 0.240 e. The third kappa shape index (κ3) is 3.75. The van der Waals surface area contributed by atoms with Gasteiger partial charge in [0.15, 0.2) is 23.0 Å². The SMILES string of the molecule is O=C(CCc1ccc(O)c(O)c1)NN=Cc1ccc2c(c1)OCO2. The molecule has 1 heterocycles. The summed E-state index contributed by atoms with van der Waals surface area (Å²) < 4.78 is 10.5. The van der Waals surface area contributed by atoms with Gasteiger partial charge in [-0.15, -0.1) is 0 Å². The molecule has 0 saturated carbocycles. The third-order valence-corrected chi connectivity index (χ3v) is 3.48. The zero-order valence-electron chi connectivity index (χ0n) is 12.7. The number of hydrazone groups is 1. The molecule has 0 atom stereocenters. The molecule has 1 aliphatic rings. The number of carbonyl (C=O) groups excluding carboxylic acids is 1. The lowest BCUT2D eigenvalue weighted by atomic mass is 10.1. The quantitative estimate of drug-likeness (QED) is 0.442. The maximum atomic E-state index is 11.8. The Kier molecular flexibility index (Phi) is 4.51. The number of carbonyl (C=O) groups is 1. The fraction of sp³-hybridized carbons (Fsp3) is 0.176. The van der Waals surface area contributed by atoms with E-state index in [2.05, 4.69) is 10.5 Å². The lowest BCUT2D eigenvalue weighted by Crippen LogP contribution is -2.17. The lowest BCUT2D eigenvalue weighted by molar-refractivity contribution is -0.121. The number of nitrogens with one attached hydrogen (secondary N) is 1. The summed E-state index contributed by atoms with van der Waals surface area (Å²) in [4.78, 5) is 11.8. The average molecular weight is 328 g/mol. The molecule has 2 aromatic rings. The van der Waals surface area contributed by atoms with E-state index in [1.165, 1.54) is 18.3 Å². The number of fused-ring (bicyclic) bond motifs is 1. The van der Waals surface area contributed by atoms with Gasteiger partial charge in [0.25, 0.3) is 0 Å². The Morgan fingerprint density at radius 3 is 2.79 bits per heavy atom. The first kappa shape index (κ1) is 15.7. The Hall–Kier alpha value is -3.22. The van der Waals surface area contributed by atoms with Crippen LogP contribution in [0.2, 0.25) is 0 Å². The molecule has 3 rings (SSSR count). The Morgan fingerprint density at radius 2 is 1.96 bits per heavy atom. The number of ether oxygens (including phenoxy) is 2. The van der Waals surface area contributed by atoms with Crippen LogP contribution in [-0.2, 0) is 11.2 Å². The first-order valence-corrected chi connectivity index (χ1v) is 7.34. The van der Waals surface area contributed by atoms with Crippen molar-refractivity contribution in [2.45, 2.75) is 12.8 Å². The summed E-state index contributed by atoms with van der Waals surface area (Å²) >= 11 is 0. The fourth-order valence-electron chi connectivity index (χ4n) is 2.21. The van der Waals surface area contributed by atoms with E-state index < -0.39 is 0 Å². The Bertz CT molecular complexity index is 789. The molecule has 0 radical (unpaired) electrons. The highest BCUT2D eigenvalue weighted by atomic mass is 16.7. The summed E-state index contributed by atoms with van der Waals surface area (Å²) in [7, 11) is 0. The summed E-state index contributed by atoms with van der Waals surface area (Å²) in [6.45, 7) is 0.208. The van der Waals surface area contributed by atoms with Crippen molar-refractivity contribution in [3.8, 4) is 23.0 Å². The molecule has 0 aliphatic carbocycles. The van der Waals surface area contributed by atoms with Gasteiger partial charge in [0, 0.05) is 6.42 Å². The van der Waals surface area contributed by atoms with Crippen molar-refractivity contribution in [3.05, 3.63) is 47.5 Å². The van der Waals surface area contributed by atoms with Crippen LogP contribution in [0.5, 0.6) is 23.0 Å². The number of phenolic OH excluding ortho intramolecular Hbond substituents is 2. The second-order valence-electron chi connectivity index (χ2n) is 5.23. The topological polar surface area (TPSA) is 100 Å². The van der Waals surface area contributed by atoms with Crippen LogP contribution in [0.1, 0.15) is 17.5 Å². The minimum Gasteiger partial charge on any atom is -0.504 e. The number of nitrogens with zero attached hydrogens (tertiary/aromatic N) is 1. The number of hydrogen-bond acceptors (Lipinski definition) is 6. The standard InChI is InChI=1S/C17H16N2O5/c20-13-4-1-11(7-14(13)21)3-6-17(22)19-18-9-12-2-5-15-16(8-12)24-10-23-15/h1-2,4-5,7-9,20-21H,3,6,10H2,(H,19,22). The second kappa shape index (κ2) is 6.91. The Morgan fingerprint density at radius 1 is 1.12 bits per heavy atom. The number of benzene rings is 2.